The van der Waals surface area contributed by atoms with E-state index in [2.05, 4.69) is 10.5 Å². The number of hydrogen-bond acceptors (Lipinski definition) is 4. The Morgan fingerprint density at radius 1 is 1.38 bits per heavy atom. The van der Waals surface area contributed by atoms with Gasteiger partial charge in [-0.25, -0.2) is 0 Å². The normalized spacial score (nSPS) is 23.8. The van der Waals surface area contributed by atoms with Gasteiger partial charge in [0.1, 0.15) is 0 Å². The highest BCUT2D eigenvalue weighted by Crippen LogP contribution is 2.21. The van der Waals surface area contributed by atoms with Crippen LogP contribution < -0.4 is 5.32 Å². The van der Waals surface area contributed by atoms with Gasteiger partial charge in [-0.2, -0.15) is 0 Å². The van der Waals surface area contributed by atoms with E-state index in [0.717, 1.165) is 0 Å². The number of amides is 2. The molecule has 2 amide bonds. The van der Waals surface area contributed by atoms with E-state index in [1.807, 2.05) is 0 Å². The van der Waals surface area contributed by atoms with Gasteiger partial charge in [-0.05, 0) is 0 Å². The molecule has 66 valence electrons. The predicted octanol–water partition coefficient (Wildman–Crippen LogP) is -0.271. The van der Waals surface area contributed by atoms with Gasteiger partial charge in [-0.1, -0.05) is 17.3 Å². The van der Waals surface area contributed by atoms with Crippen LogP contribution in [0.3, 0.4) is 0 Å². The zero-order valence-corrected chi connectivity index (χ0v) is 6.57. The summed E-state index contributed by atoms with van der Waals surface area (Å²) in [5.41, 5.74) is 0.708. The molecule has 0 unspecified atom stereocenters. The molecule has 0 radical (unpaired) electrons. The Morgan fingerprint density at radius 2 is 2.15 bits per heavy atom. The Hall–Kier alpha value is -1.91. The fourth-order valence-electron chi connectivity index (χ4n) is 1.40. The van der Waals surface area contributed by atoms with Gasteiger partial charge in [0.05, 0.1) is 16.9 Å². The molecule has 2 N–H and O–H groups in total. The highest BCUT2D eigenvalue weighted by molar-refractivity contribution is 6.35. The minimum atomic E-state index is -0.489. The third kappa shape index (κ3) is 0.970. The van der Waals surface area contributed by atoms with Crippen LogP contribution in [-0.2, 0) is 9.59 Å². The van der Waals surface area contributed by atoms with Gasteiger partial charge in [0, 0.05) is 6.42 Å². The molecule has 0 saturated heterocycles. The van der Waals surface area contributed by atoms with Gasteiger partial charge >= 0.3 is 0 Å². The van der Waals surface area contributed by atoms with Crippen LogP contribution in [0.25, 0.3) is 0 Å². The van der Waals surface area contributed by atoms with Gasteiger partial charge in [-0.3, -0.25) is 14.9 Å². The molecule has 1 aliphatic carbocycles. The van der Waals surface area contributed by atoms with E-state index in [1.54, 1.807) is 12.2 Å². The van der Waals surface area contributed by atoms with Crippen molar-refractivity contribution in [2.45, 2.75) is 6.42 Å². The minimum absolute atomic E-state index is 0.190. The van der Waals surface area contributed by atoms with Crippen LogP contribution in [0.2, 0.25) is 0 Å². The van der Waals surface area contributed by atoms with Crippen molar-refractivity contribution in [3.63, 3.8) is 0 Å². The monoisotopic (exact) mass is 178 g/mol. The Bertz CT molecular complexity index is 390. The van der Waals surface area contributed by atoms with Gasteiger partial charge < -0.3 is 5.21 Å². The molecule has 0 atom stereocenters. The quantitative estimate of drug-likeness (QED) is 0.304. The predicted molar refractivity (Wildman–Crippen MR) is 43.2 cm³/mol. The highest BCUT2D eigenvalue weighted by atomic mass is 16.4. The number of rotatable bonds is 0. The molecule has 2 rings (SSSR count). The minimum Gasteiger partial charge on any atom is -0.411 e. The van der Waals surface area contributed by atoms with E-state index >= 15 is 0 Å². The van der Waals surface area contributed by atoms with Crippen LogP contribution in [0, 0.1) is 0 Å². The molecule has 13 heavy (non-hydrogen) atoms. The molecule has 0 aromatic carbocycles. The molecule has 0 saturated carbocycles. The molecule has 0 spiro atoms. The molecular weight excluding hydrogens is 172 g/mol. The Morgan fingerprint density at radius 3 is 2.85 bits per heavy atom. The van der Waals surface area contributed by atoms with Crippen molar-refractivity contribution in [1.82, 2.24) is 5.32 Å². The van der Waals surface area contributed by atoms with Crippen LogP contribution in [0.1, 0.15) is 6.42 Å². The number of carbonyl (C=O) groups is 2. The summed E-state index contributed by atoms with van der Waals surface area (Å²) in [4.78, 5) is 22.3. The topological polar surface area (TPSA) is 78.8 Å². The first-order valence-electron chi connectivity index (χ1n) is 3.72. The van der Waals surface area contributed by atoms with Crippen LogP contribution in [0.5, 0.6) is 0 Å². The number of nitrogens with one attached hydrogen (secondary N) is 1. The van der Waals surface area contributed by atoms with Gasteiger partial charge in [0.2, 0.25) is 0 Å². The maximum Gasteiger partial charge on any atom is 0.260 e. The summed E-state index contributed by atoms with van der Waals surface area (Å²) in [5, 5.41) is 13.7. The molecule has 1 heterocycles. The first kappa shape index (κ1) is 7.72. The van der Waals surface area contributed by atoms with E-state index in [0.29, 0.717) is 6.42 Å². The summed E-state index contributed by atoms with van der Waals surface area (Å²) in [6.07, 6.45) is 3.60. The molecule has 5 nitrogen and oxygen atoms in total. The van der Waals surface area contributed by atoms with Crippen molar-refractivity contribution < 1.29 is 14.8 Å². The van der Waals surface area contributed by atoms with Crippen molar-refractivity contribution in [2.24, 2.45) is 5.16 Å². The lowest BCUT2D eigenvalue weighted by molar-refractivity contribution is -0.123. The number of allylic oxidation sites excluding steroid dienone is 1. The summed E-state index contributed by atoms with van der Waals surface area (Å²) in [6, 6.07) is 0. The van der Waals surface area contributed by atoms with E-state index < -0.39 is 11.8 Å². The standard InChI is InChI=1S/C8H6N2O3/c11-7-4-2-1-3-5(10-13)6(4)8(12)9-7/h1-2,13H,3H2,(H,9,11,12). The lowest BCUT2D eigenvalue weighted by Gasteiger charge is -2.05. The summed E-state index contributed by atoms with van der Waals surface area (Å²) in [5.74, 6) is -0.922. The molecule has 1 aliphatic heterocycles. The number of imide groups is 1. The Kier molecular flexibility index (Phi) is 1.51. The van der Waals surface area contributed by atoms with Crippen LogP contribution >= 0.6 is 0 Å². The first-order valence-corrected chi connectivity index (χ1v) is 3.72. The van der Waals surface area contributed by atoms with Gasteiger partial charge in [0.25, 0.3) is 11.8 Å². The van der Waals surface area contributed by atoms with Gasteiger partial charge in [-0.15, -0.1) is 0 Å². The number of nitrogens with zero attached hydrogens (tertiary/aromatic N) is 1. The van der Waals surface area contributed by atoms with E-state index in [1.165, 1.54) is 0 Å². The van der Waals surface area contributed by atoms with Crippen LogP contribution in [0.15, 0.2) is 28.5 Å². The number of carbonyl (C=O) groups excluding carboxylic acids is 2. The molecule has 0 bridgehead atoms. The zero-order chi connectivity index (χ0) is 9.42. The van der Waals surface area contributed by atoms with E-state index in [4.69, 9.17) is 5.21 Å². The lowest BCUT2D eigenvalue weighted by atomic mass is 9.97. The zero-order valence-electron chi connectivity index (χ0n) is 6.57. The van der Waals surface area contributed by atoms with Gasteiger partial charge in [0.15, 0.2) is 0 Å². The highest BCUT2D eigenvalue weighted by Gasteiger charge is 2.33. The third-order valence-corrected chi connectivity index (χ3v) is 1.97. The third-order valence-electron chi connectivity index (χ3n) is 1.97. The molecule has 5 heteroatoms. The second kappa shape index (κ2) is 2.55. The summed E-state index contributed by atoms with van der Waals surface area (Å²) in [7, 11) is 0. The summed E-state index contributed by atoms with van der Waals surface area (Å²) < 4.78 is 0. The molecule has 0 aromatic rings. The van der Waals surface area contributed by atoms with E-state index in [9.17, 15) is 9.59 Å². The smallest absolute Gasteiger partial charge is 0.260 e. The summed E-state index contributed by atoms with van der Waals surface area (Å²) in [6.45, 7) is 0. The molecule has 2 aliphatic rings. The molecule has 0 fully saturated rings. The SMILES string of the molecule is O=C1NC(=O)C2=C1C=CCC2=NO. The summed E-state index contributed by atoms with van der Waals surface area (Å²) >= 11 is 0. The number of oxime groups is 1. The molecule has 0 aromatic heterocycles. The van der Waals surface area contributed by atoms with Crippen LogP contribution in [0.4, 0.5) is 0 Å². The fourth-order valence-corrected chi connectivity index (χ4v) is 1.40. The van der Waals surface area contributed by atoms with Crippen molar-refractivity contribution in [1.29, 1.82) is 0 Å². The lowest BCUT2D eigenvalue weighted by Crippen LogP contribution is -2.24. The van der Waals surface area contributed by atoms with Crippen molar-refractivity contribution in [3.05, 3.63) is 23.3 Å². The maximum absolute atomic E-state index is 11.2. The van der Waals surface area contributed by atoms with E-state index in [-0.39, 0.29) is 16.9 Å². The number of hydrogen-bond donors (Lipinski definition) is 2. The first-order chi connectivity index (χ1) is 6.24. The molecular formula is C8H6N2O3. The fraction of sp³-hybridized carbons (Fsp3) is 0.125. The van der Waals surface area contributed by atoms with Crippen molar-refractivity contribution >= 4 is 17.5 Å². The average Bonchev–Trinajstić information content (AvgIpc) is 2.43. The Labute approximate surface area is 73.4 Å². The maximum atomic E-state index is 11.2. The Balaban J connectivity index is 2.58. The average molecular weight is 178 g/mol. The largest absolute Gasteiger partial charge is 0.411 e. The van der Waals surface area contributed by atoms with Crippen molar-refractivity contribution in [2.75, 3.05) is 0 Å². The second-order valence-electron chi connectivity index (χ2n) is 2.73. The van der Waals surface area contributed by atoms with Crippen molar-refractivity contribution in [3.8, 4) is 0 Å². The second-order valence-corrected chi connectivity index (χ2v) is 2.73. The van der Waals surface area contributed by atoms with Crippen LogP contribution in [-0.4, -0.2) is 22.7 Å².